The quantitative estimate of drug-likeness (QED) is 0.918. The summed E-state index contributed by atoms with van der Waals surface area (Å²) in [6.07, 6.45) is 0. The van der Waals surface area contributed by atoms with Gasteiger partial charge in [0.1, 0.15) is 0 Å². The number of carbonyl (C=O) groups excluding carboxylic acids is 1. The van der Waals surface area contributed by atoms with E-state index in [4.69, 9.17) is 11.6 Å². The first-order valence-electron chi connectivity index (χ1n) is 7.54. The molecule has 0 aliphatic carbocycles. The fourth-order valence-electron chi connectivity index (χ4n) is 2.83. The molecule has 6 heteroatoms. The average Bonchev–Trinajstić information content (AvgIpc) is 2.53. The number of hydrogen-bond donors (Lipinski definition) is 1. The van der Waals surface area contributed by atoms with Crippen LogP contribution in [0.3, 0.4) is 0 Å². The van der Waals surface area contributed by atoms with Crippen LogP contribution in [0, 0.1) is 6.92 Å². The van der Waals surface area contributed by atoms with Crippen molar-refractivity contribution in [1.29, 1.82) is 0 Å². The molecule has 0 atom stereocenters. The standard InChI is InChI=1S/C17H18ClN3O2/c1-12-9-13(10-16(22)19-12)17(23)21-7-5-20(6-8-21)15-4-2-3-14(18)11-15/h2-4,9-11H,5-8H2,1H3,(H,19,22). The molecule has 3 rings (SSSR count). The number of rotatable bonds is 2. The molecule has 2 aromatic rings. The molecular formula is C17H18ClN3O2. The summed E-state index contributed by atoms with van der Waals surface area (Å²) < 4.78 is 0. The van der Waals surface area contributed by atoms with Crippen molar-refractivity contribution in [3.63, 3.8) is 0 Å². The second kappa shape index (κ2) is 6.46. The Kier molecular flexibility index (Phi) is 4.39. The molecule has 0 radical (unpaired) electrons. The molecule has 0 bridgehead atoms. The van der Waals surface area contributed by atoms with Crippen molar-refractivity contribution in [2.75, 3.05) is 31.1 Å². The van der Waals surface area contributed by atoms with Gasteiger partial charge in [-0.1, -0.05) is 17.7 Å². The van der Waals surface area contributed by atoms with Gasteiger partial charge in [0.2, 0.25) is 5.56 Å². The van der Waals surface area contributed by atoms with Crippen molar-refractivity contribution in [1.82, 2.24) is 9.88 Å². The van der Waals surface area contributed by atoms with E-state index in [1.165, 1.54) is 6.07 Å². The van der Waals surface area contributed by atoms with Crippen LogP contribution in [-0.4, -0.2) is 42.0 Å². The smallest absolute Gasteiger partial charge is 0.254 e. The minimum absolute atomic E-state index is 0.0926. The molecule has 23 heavy (non-hydrogen) atoms. The Morgan fingerprint density at radius 1 is 1.13 bits per heavy atom. The van der Waals surface area contributed by atoms with E-state index < -0.39 is 0 Å². The summed E-state index contributed by atoms with van der Waals surface area (Å²) in [6.45, 7) is 4.51. The first-order chi connectivity index (χ1) is 11.0. The highest BCUT2D eigenvalue weighted by molar-refractivity contribution is 6.30. The molecule has 120 valence electrons. The van der Waals surface area contributed by atoms with E-state index in [1.807, 2.05) is 24.3 Å². The highest BCUT2D eigenvalue weighted by Crippen LogP contribution is 2.21. The van der Waals surface area contributed by atoms with Gasteiger partial charge in [0.05, 0.1) is 0 Å². The van der Waals surface area contributed by atoms with Crippen molar-refractivity contribution in [2.45, 2.75) is 6.92 Å². The van der Waals surface area contributed by atoms with Gasteiger partial charge in [-0.15, -0.1) is 0 Å². The topological polar surface area (TPSA) is 56.4 Å². The van der Waals surface area contributed by atoms with Gasteiger partial charge in [0, 0.05) is 54.2 Å². The molecule has 1 aromatic heterocycles. The number of piperazine rings is 1. The lowest BCUT2D eigenvalue weighted by molar-refractivity contribution is 0.0746. The van der Waals surface area contributed by atoms with Crippen molar-refractivity contribution in [3.8, 4) is 0 Å². The Hall–Kier alpha value is -2.27. The zero-order valence-electron chi connectivity index (χ0n) is 12.9. The Morgan fingerprint density at radius 3 is 2.52 bits per heavy atom. The van der Waals surface area contributed by atoms with Gasteiger partial charge in [-0.25, -0.2) is 0 Å². The van der Waals surface area contributed by atoms with Crippen LogP contribution < -0.4 is 10.5 Å². The Bertz CT molecular complexity index is 779. The van der Waals surface area contributed by atoms with E-state index in [2.05, 4.69) is 9.88 Å². The summed E-state index contributed by atoms with van der Waals surface area (Å²) in [6, 6.07) is 10.8. The third-order valence-corrected chi connectivity index (χ3v) is 4.20. The molecular weight excluding hydrogens is 314 g/mol. The highest BCUT2D eigenvalue weighted by atomic mass is 35.5. The predicted octanol–water partition coefficient (Wildman–Crippen LogP) is 2.30. The summed E-state index contributed by atoms with van der Waals surface area (Å²) >= 11 is 6.03. The molecule has 1 amide bonds. The zero-order chi connectivity index (χ0) is 16.4. The van der Waals surface area contributed by atoms with Crippen LogP contribution in [0.15, 0.2) is 41.2 Å². The molecule has 5 nitrogen and oxygen atoms in total. The maximum atomic E-state index is 12.5. The Labute approximate surface area is 139 Å². The molecule has 0 unspecified atom stereocenters. The molecule has 1 saturated heterocycles. The lowest BCUT2D eigenvalue weighted by Gasteiger charge is -2.36. The van der Waals surface area contributed by atoms with E-state index in [9.17, 15) is 9.59 Å². The molecule has 1 aliphatic heterocycles. The third kappa shape index (κ3) is 3.56. The van der Waals surface area contributed by atoms with Crippen LogP contribution in [0.5, 0.6) is 0 Å². The van der Waals surface area contributed by atoms with Crippen LogP contribution >= 0.6 is 11.6 Å². The van der Waals surface area contributed by atoms with Gasteiger partial charge < -0.3 is 14.8 Å². The maximum Gasteiger partial charge on any atom is 0.254 e. The second-order valence-electron chi connectivity index (χ2n) is 5.68. The number of aryl methyl sites for hydroxylation is 1. The molecule has 1 fully saturated rings. The first-order valence-corrected chi connectivity index (χ1v) is 7.91. The Balaban J connectivity index is 1.69. The highest BCUT2D eigenvalue weighted by Gasteiger charge is 2.22. The van der Waals surface area contributed by atoms with Crippen molar-refractivity contribution < 1.29 is 4.79 Å². The van der Waals surface area contributed by atoms with E-state index in [0.717, 1.165) is 18.8 Å². The lowest BCUT2D eigenvalue weighted by Crippen LogP contribution is -2.49. The number of anilines is 1. The van der Waals surface area contributed by atoms with E-state index in [1.54, 1.807) is 17.9 Å². The summed E-state index contributed by atoms with van der Waals surface area (Å²) in [4.78, 5) is 30.7. The number of nitrogens with one attached hydrogen (secondary N) is 1. The second-order valence-corrected chi connectivity index (χ2v) is 6.11. The minimum atomic E-state index is -0.245. The van der Waals surface area contributed by atoms with E-state index >= 15 is 0 Å². The number of nitrogens with zero attached hydrogens (tertiary/aromatic N) is 2. The van der Waals surface area contributed by atoms with Gasteiger partial charge in [0.25, 0.3) is 5.91 Å². The van der Waals surface area contributed by atoms with Crippen LogP contribution in [0.4, 0.5) is 5.69 Å². The van der Waals surface area contributed by atoms with Crippen LogP contribution in [-0.2, 0) is 0 Å². The largest absolute Gasteiger partial charge is 0.368 e. The summed E-state index contributed by atoms with van der Waals surface area (Å²) in [5.41, 5.74) is 1.96. The van der Waals surface area contributed by atoms with Gasteiger partial charge in [-0.2, -0.15) is 0 Å². The van der Waals surface area contributed by atoms with Crippen LogP contribution in [0.25, 0.3) is 0 Å². The molecule has 2 heterocycles. The van der Waals surface area contributed by atoms with Gasteiger partial charge in [0.15, 0.2) is 0 Å². The zero-order valence-corrected chi connectivity index (χ0v) is 13.6. The third-order valence-electron chi connectivity index (χ3n) is 3.97. The number of amides is 1. The van der Waals surface area contributed by atoms with E-state index in [-0.39, 0.29) is 11.5 Å². The van der Waals surface area contributed by atoms with Gasteiger partial charge in [-0.3, -0.25) is 9.59 Å². The number of benzene rings is 1. The number of hydrogen-bond acceptors (Lipinski definition) is 3. The number of pyridine rings is 1. The average molecular weight is 332 g/mol. The fourth-order valence-corrected chi connectivity index (χ4v) is 3.01. The maximum absolute atomic E-state index is 12.5. The normalized spacial score (nSPS) is 14.9. The molecule has 1 aromatic carbocycles. The summed E-state index contributed by atoms with van der Waals surface area (Å²) in [5, 5.41) is 0.708. The summed E-state index contributed by atoms with van der Waals surface area (Å²) in [7, 11) is 0. The minimum Gasteiger partial charge on any atom is -0.368 e. The SMILES string of the molecule is Cc1cc(C(=O)N2CCN(c3cccc(Cl)c3)CC2)cc(=O)[nH]1. The molecule has 1 aliphatic rings. The van der Waals surface area contributed by atoms with Crippen molar-refractivity contribution in [3.05, 3.63) is 63.0 Å². The Morgan fingerprint density at radius 2 is 1.87 bits per heavy atom. The van der Waals surface area contributed by atoms with Gasteiger partial charge >= 0.3 is 0 Å². The van der Waals surface area contributed by atoms with Crippen molar-refractivity contribution in [2.24, 2.45) is 0 Å². The number of H-pyrrole nitrogens is 1. The monoisotopic (exact) mass is 331 g/mol. The number of carbonyl (C=O) groups is 1. The van der Waals surface area contributed by atoms with Crippen LogP contribution in [0.2, 0.25) is 5.02 Å². The fraction of sp³-hybridized carbons (Fsp3) is 0.294. The molecule has 1 N–H and O–H groups in total. The number of aromatic nitrogens is 1. The number of aromatic amines is 1. The molecule has 0 spiro atoms. The number of halogens is 1. The van der Waals surface area contributed by atoms with Crippen LogP contribution in [0.1, 0.15) is 16.1 Å². The van der Waals surface area contributed by atoms with E-state index in [0.29, 0.717) is 29.4 Å². The lowest BCUT2D eigenvalue weighted by atomic mass is 10.2. The predicted molar refractivity (Wildman–Crippen MR) is 91.4 cm³/mol. The summed E-state index contributed by atoms with van der Waals surface area (Å²) in [5.74, 6) is -0.0926. The van der Waals surface area contributed by atoms with Crippen molar-refractivity contribution >= 4 is 23.2 Å². The first kappa shape index (κ1) is 15.6. The van der Waals surface area contributed by atoms with Gasteiger partial charge in [-0.05, 0) is 31.2 Å². The molecule has 0 saturated carbocycles.